The standard InChI is InChI=1S/C27H43N3O6/c1-11-18-12-14-19(15-13-18)22(23(32)28-16-20(31)35-10)30(26(4,5)6)24(33)21(17(2)3)29-25(34)36-27(7,8)9/h12-15,17,21-22H,11,16H2,1-10H3,(H,28,32)(H,29,34). The van der Waals surface area contributed by atoms with Crippen molar-refractivity contribution in [3.63, 3.8) is 0 Å². The Hall–Kier alpha value is -3.10. The second kappa shape index (κ2) is 12.7. The molecule has 0 aliphatic heterocycles. The van der Waals surface area contributed by atoms with Crippen LogP contribution in [-0.4, -0.2) is 59.6 Å². The number of benzene rings is 1. The molecule has 0 saturated carbocycles. The van der Waals surface area contributed by atoms with E-state index in [1.54, 1.807) is 32.9 Å². The third-order valence-electron chi connectivity index (χ3n) is 5.41. The molecule has 1 aromatic rings. The SMILES string of the molecule is CCc1ccc(C(C(=O)NCC(=O)OC)N(C(=O)C(NC(=O)OC(C)(C)C)C(C)C)C(C)(C)C)cc1. The molecule has 3 amide bonds. The lowest BCUT2D eigenvalue weighted by Gasteiger charge is -2.43. The van der Waals surface area contributed by atoms with Gasteiger partial charge in [0.2, 0.25) is 11.8 Å². The molecule has 9 heteroatoms. The van der Waals surface area contributed by atoms with E-state index in [0.717, 1.165) is 12.0 Å². The van der Waals surface area contributed by atoms with E-state index < -0.39 is 47.1 Å². The van der Waals surface area contributed by atoms with Crippen LogP contribution in [0.1, 0.15) is 79.5 Å². The Balaban J connectivity index is 3.54. The van der Waals surface area contributed by atoms with Crippen molar-refractivity contribution in [3.05, 3.63) is 35.4 Å². The fraction of sp³-hybridized carbons (Fsp3) is 0.630. The summed E-state index contributed by atoms with van der Waals surface area (Å²) in [6.07, 6.45) is 0.0961. The molecular formula is C27H43N3O6. The van der Waals surface area contributed by atoms with Crippen molar-refractivity contribution in [2.24, 2.45) is 5.92 Å². The first-order valence-corrected chi connectivity index (χ1v) is 12.3. The van der Waals surface area contributed by atoms with Crippen LogP contribution in [-0.2, 0) is 30.3 Å². The molecule has 2 N–H and O–H groups in total. The average molecular weight is 506 g/mol. The fourth-order valence-electron chi connectivity index (χ4n) is 3.62. The zero-order chi connectivity index (χ0) is 27.8. The van der Waals surface area contributed by atoms with Gasteiger partial charge < -0.3 is 25.0 Å². The minimum absolute atomic E-state index is 0.295. The number of alkyl carbamates (subject to hydrolysis) is 1. The molecular weight excluding hydrogens is 462 g/mol. The third-order valence-corrected chi connectivity index (χ3v) is 5.41. The topological polar surface area (TPSA) is 114 Å². The number of amides is 3. The summed E-state index contributed by atoms with van der Waals surface area (Å²) < 4.78 is 10.0. The number of hydrogen-bond acceptors (Lipinski definition) is 6. The average Bonchev–Trinajstić information content (AvgIpc) is 2.76. The van der Waals surface area contributed by atoms with Gasteiger partial charge in [0.15, 0.2) is 0 Å². The highest BCUT2D eigenvalue weighted by molar-refractivity contribution is 5.93. The molecule has 1 aromatic carbocycles. The summed E-state index contributed by atoms with van der Waals surface area (Å²) >= 11 is 0. The van der Waals surface area contributed by atoms with Gasteiger partial charge in [-0.1, -0.05) is 45.0 Å². The van der Waals surface area contributed by atoms with Crippen LogP contribution in [0.15, 0.2) is 24.3 Å². The van der Waals surface area contributed by atoms with Crippen molar-refractivity contribution < 1.29 is 28.7 Å². The second-order valence-electron chi connectivity index (χ2n) is 11.0. The Labute approximate surface area is 215 Å². The van der Waals surface area contributed by atoms with Crippen molar-refractivity contribution >= 4 is 23.9 Å². The lowest BCUT2D eigenvalue weighted by molar-refractivity contribution is -0.150. The lowest BCUT2D eigenvalue weighted by Crippen LogP contribution is -2.60. The van der Waals surface area contributed by atoms with Gasteiger partial charge in [0.25, 0.3) is 0 Å². The predicted molar refractivity (Wildman–Crippen MR) is 138 cm³/mol. The number of esters is 1. The van der Waals surface area contributed by atoms with Crippen LogP contribution in [0.3, 0.4) is 0 Å². The quantitative estimate of drug-likeness (QED) is 0.494. The summed E-state index contributed by atoms with van der Waals surface area (Å²) in [6, 6.07) is 5.40. The summed E-state index contributed by atoms with van der Waals surface area (Å²) in [5.74, 6) is -1.88. The van der Waals surface area contributed by atoms with E-state index in [1.807, 2.05) is 53.7 Å². The van der Waals surface area contributed by atoms with Crippen molar-refractivity contribution in [2.75, 3.05) is 13.7 Å². The minimum atomic E-state index is -1.06. The van der Waals surface area contributed by atoms with Crippen molar-refractivity contribution in [2.45, 2.75) is 92.0 Å². The molecule has 0 spiro atoms. The Morgan fingerprint density at radius 1 is 0.972 bits per heavy atom. The first-order valence-electron chi connectivity index (χ1n) is 12.3. The molecule has 1 rings (SSSR count). The Kier molecular flexibility index (Phi) is 10.9. The van der Waals surface area contributed by atoms with E-state index in [1.165, 1.54) is 12.0 Å². The summed E-state index contributed by atoms with van der Waals surface area (Å²) in [7, 11) is 1.23. The Morgan fingerprint density at radius 3 is 1.94 bits per heavy atom. The molecule has 0 radical (unpaired) electrons. The Morgan fingerprint density at radius 2 is 1.53 bits per heavy atom. The van der Waals surface area contributed by atoms with E-state index in [0.29, 0.717) is 5.56 Å². The highest BCUT2D eigenvalue weighted by Gasteiger charge is 2.42. The smallest absolute Gasteiger partial charge is 0.408 e. The van der Waals surface area contributed by atoms with Crippen LogP contribution in [0.2, 0.25) is 0 Å². The van der Waals surface area contributed by atoms with E-state index in [9.17, 15) is 19.2 Å². The van der Waals surface area contributed by atoms with Crippen molar-refractivity contribution in [1.82, 2.24) is 15.5 Å². The molecule has 0 heterocycles. The predicted octanol–water partition coefficient (Wildman–Crippen LogP) is 3.76. The second-order valence-corrected chi connectivity index (χ2v) is 11.0. The molecule has 2 atom stereocenters. The van der Waals surface area contributed by atoms with Crippen LogP contribution in [0.5, 0.6) is 0 Å². The van der Waals surface area contributed by atoms with Gasteiger partial charge in [0.05, 0.1) is 7.11 Å². The number of nitrogens with one attached hydrogen (secondary N) is 2. The maximum Gasteiger partial charge on any atom is 0.408 e. The van der Waals surface area contributed by atoms with E-state index >= 15 is 0 Å². The number of ether oxygens (including phenoxy) is 2. The number of hydrogen-bond donors (Lipinski definition) is 2. The number of aryl methyl sites for hydroxylation is 1. The van der Waals surface area contributed by atoms with Crippen LogP contribution in [0, 0.1) is 5.92 Å². The summed E-state index contributed by atoms with van der Waals surface area (Å²) in [5, 5.41) is 5.28. The minimum Gasteiger partial charge on any atom is -0.468 e. The summed E-state index contributed by atoms with van der Waals surface area (Å²) in [6.45, 7) is 16.0. The van der Waals surface area contributed by atoms with Gasteiger partial charge in [0, 0.05) is 5.54 Å². The van der Waals surface area contributed by atoms with E-state index in [4.69, 9.17) is 4.74 Å². The number of carbonyl (C=O) groups excluding carboxylic acids is 4. The molecule has 202 valence electrons. The number of methoxy groups -OCH3 is 1. The largest absolute Gasteiger partial charge is 0.468 e. The van der Waals surface area contributed by atoms with E-state index in [2.05, 4.69) is 15.4 Å². The van der Waals surface area contributed by atoms with Gasteiger partial charge in [-0.2, -0.15) is 0 Å². The Bertz CT molecular complexity index is 913. The normalized spacial score (nSPS) is 13.4. The number of rotatable bonds is 9. The molecule has 0 aliphatic rings. The van der Waals surface area contributed by atoms with Gasteiger partial charge in [-0.3, -0.25) is 14.4 Å². The van der Waals surface area contributed by atoms with Crippen LogP contribution >= 0.6 is 0 Å². The van der Waals surface area contributed by atoms with Gasteiger partial charge >= 0.3 is 12.1 Å². The van der Waals surface area contributed by atoms with Crippen LogP contribution < -0.4 is 10.6 Å². The molecule has 0 bridgehead atoms. The highest BCUT2D eigenvalue weighted by atomic mass is 16.6. The molecule has 0 fully saturated rings. The number of nitrogens with zero attached hydrogens (tertiary/aromatic N) is 1. The third kappa shape index (κ3) is 9.17. The van der Waals surface area contributed by atoms with Gasteiger partial charge in [-0.25, -0.2) is 4.79 Å². The summed E-state index contributed by atoms with van der Waals surface area (Å²) in [4.78, 5) is 53.3. The van der Waals surface area contributed by atoms with Gasteiger partial charge in [-0.05, 0) is 65.0 Å². The van der Waals surface area contributed by atoms with Crippen LogP contribution in [0.4, 0.5) is 4.79 Å². The molecule has 36 heavy (non-hydrogen) atoms. The molecule has 0 aromatic heterocycles. The molecule has 2 unspecified atom stereocenters. The molecule has 0 saturated heterocycles. The molecule has 0 aliphatic carbocycles. The van der Waals surface area contributed by atoms with Crippen molar-refractivity contribution in [1.29, 1.82) is 0 Å². The number of carbonyl (C=O) groups is 4. The molecule has 9 nitrogen and oxygen atoms in total. The zero-order valence-corrected chi connectivity index (χ0v) is 23.4. The fourth-order valence-corrected chi connectivity index (χ4v) is 3.62. The maximum absolute atomic E-state index is 14.1. The highest BCUT2D eigenvalue weighted by Crippen LogP contribution is 2.31. The lowest BCUT2D eigenvalue weighted by atomic mass is 9.92. The van der Waals surface area contributed by atoms with Gasteiger partial charge in [0.1, 0.15) is 24.2 Å². The van der Waals surface area contributed by atoms with Crippen LogP contribution in [0.25, 0.3) is 0 Å². The van der Waals surface area contributed by atoms with Crippen molar-refractivity contribution in [3.8, 4) is 0 Å². The zero-order valence-electron chi connectivity index (χ0n) is 23.4. The first kappa shape index (κ1) is 30.9. The first-order chi connectivity index (χ1) is 16.5. The van der Waals surface area contributed by atoms with Gasteiger partial charge in [-0.15, -0.1) is 0 Å². The summed E-state index contributed by atoms with van der Waals surface area (Å²) in [5.41, 5.74) is 0.0945. The maximum atomic E-state index is 14.1. The van der Waals surface area contributed by atoms with E-state index in [-0.39, 0.29) is 12.5 Å². The monoisotopic (exact) mass is 505 g/mol.